The van der Waals surface area contributed by atoms with Crippen LogP contribution in [0, 0.1) is 0 Å². The number of aromatic nitrogens is 4. The number of methoxy groups -OCH3 is 3. The van der Waals surface area contributed by atoms with Gasteiger partial charge in [-0.05, 0) is 35.2 Å². The summed E-state index contributed by atoms with van der Waals surface area (Å²) in [5.74, 6) is 4.02. The van der Waals surface area contributed by atoms with Gasteiger partial charge in [-0.15, -0.1) is 5.10 Å². The molecule has 9 heteroatoms. The van der Waals surface area contributed by atoms with Crippen LogP contribution in [0.1, 0.15) is 28.4 Å². The number of para-hydroxylation sites is 2. The van der Waals surface area contributed by atoms with E-state index in [9.17, 15) is 0 Å². The number of fused-ring (bicyclic) bond motifs is 6. The fourth-order valence-corrected chi connectivity index (χ4v) is 5.41. The molecule has 204 valence electrons. The molecule has 0 saturated heterocycles. The molecule has 0 radical (unpaired) electrons. The highest BCUT2D eigenvalue weighted by atomic mass is 16.5. The summed E-state index contributed by atoms with van der Waals surface area (Å²) in [6, 6.07) is 25.8. The van der Waals surface area contributed by atoms with Gasteiger partial charge in [-0.1, -0.05) is 54.6 Å². The van der Waals surface area contributed by atoms with Gasteiger partial charge in [0.2, 0.25) is 5.88 Å². The number of ether oxygens (including phenoxy) is 5. The maximum Gasteiger partial charge on any atom is 0.228 e. The Bertz CT molecular complexity index is 1920. The van der Waals surface area contributed by atoms with E-state index in [1.165, 1.54) is 0 Å². The molecule has 1 atom stereocenters. The Hall–Kier alpha value is -5.31. The average Bonchev–Trinajstić information content (AvgIpc) is 3.46. The molecule has 0 saturated carbocycles. The first kappa shape index (κ1) is 24.7. The van der Waals surface area contributed by atoms with Crippen LogP contribution >= 0.6 is 0 Å². The minimum atomic E-state index is -0.262. The van der Waals surface area contributed by atoms with Gasteiger partial charge in [0.25, 0.3) is 0 Å². The molecule has 41 heavy (non-hydrogen) atoms. The zero-order valence-electron chi connectivity index (χ0n) is 22.7. The Morgan fingerprint density at radius 2 is 1.56 bits per heavy atom. The van der Waals surface area contributed by atoms with Crippen LogP contribution in [0.5, 0.6) is 34.6 Å². The van der Waals surface area contributed by atoms with Crippen molar-refractivity contribution in [3.05, 3.63) is 108 Å². The molecular formula is C32H26N4O5. The first-order valence-corrected chi connectivity index (χ1v) is 13.1. The standard InChI is InChI=1S/C32H26N4O5/c1-37-23-10-6-7-11-25(23)40-17-27-34-31-29-28(20-13-15-24(38-2)26(16-20)39-3)22-14-12-19-8-4-5-9-21(19)30(22)41-32(29)33-18-36(31)35-27/h4-16,18,28H,17H2,1-3H3. The van der Waals surface area contributed by atoms with E-state index in [-0.39, 0.29) is 12.5 Å². The van der Waals surface area contributed by atoms with Crippen molar-refractivity contribution in [3.63, 3.8) is 0 Å². The quantitative estimate of drug-likeness (QED) is 0.235. The van der Waals surface area contributed by atoms with Crippen LogP contribution in [0.15, 0.2) is 85.2 Å². The second-order valence-corrected chi connectivity index (χ2v) is 9.55. The Kier molecular flexibility index (Phi) is 6.04. The van der Waals surface area contributed by atoms with Crippen LogP contribution in [0.4, 0.5) is 0 Å². The number of rotatable bonds is 7. The fraction of sp³-hybridized carbons (Fsp3) is 0.156. The van der Waals surface area contributed by atoms with E-state index in [2.05, 4.69) is 34.3 Å². The highest BCUT2D eigenvalue weighted by molar-refractivity contribution is 5.91. The maximum atomic E-state index is 6.52. The Morgan fingerprint density at radius 3 is 2.39 bits per heavy atom. The van der Waals surface area contributed by atoms with Crippen LogP contribution in [0.2, 0.25) is 0 Å². The molecule has 7 rings (SSSR count). The number of nitrogens with zero attached hydrogens (tertiary/aromatic N) is 4. The molecule has 0 spiro atoms. The van der Waals surface area contributed by atoms with Gasteiger partial charge in [0.1, 0.15) is 18.7 Å². The molecule has 3 heterocycles. The minimum Gasteiger partial charge on any atom is -0.493 e. The molecule has 6 aromatic rings. The molecular weight excluding hydrogens is 520 g/mol. The second-order valence-electron chi connectivity index (χ2n) is 9.55. The highest BCUT2D eigenvalue weighted by Crippen LogP contribution is 2.51. The van der Waals surface area contributed by atoms with Crippen LogP contribution in [0.3, 0.4) is 0 Å². The van der Waals surface area contributed by atoms with E-state index < -0.39 is 0 Å². The van der Waals surface area contributed by atoms with Crippen molar-refractivity contribution in [1.82, 2.24) is 19.6 Å². The van der Waals surface area contributed by atoms with Crippen molar-refractivity contribution in [2.24, 2.45) is 0 Å². The van der Waals surface area contributed by atoms with E-state index in [0.29, 0.717) is 40.3 Å². The summed E-state index contributed by atoms with van der Waals surface area (Å²) in [6.45, 7) is 0.153. The zero-order chi connectivity index (χ0) is 27.9. The predicted octanol–water partition coefficient (Wildman–Crippen LogP) is 6.17. The van der Waals surface area contributed by atoms with Gasteiger partial charge >= 0.3 is 0 Å². The smallest absolute Gasteiger partial charge is 0.228 e. The molecule has 0 aliphatic carbocycles. The first-order chi connectivity index (χ1) is 20.2. The van der Waals surface area contributed by atoms with Crippen LogP contribution in [0.25, 0.3) is 16.4 Å². The van der Waals surface area contributed by atoms with Crippen LogP contribution < -0.4 is 23.7 Å². The maximum absolute atomic E-state index is 6.52. The lowest BCUT2D eigenvalue weighted by molar-refractivity contribution is 0.276. The summed E-state index contributed by atoms with van der Waals surface area (Å²) in [5.41, 5.74) is 3.41. The van der Waals surface area contributed by atoms with Crippen molar-refractivity contribution in [3.8, 4) is 34.6 Å². The van der Waals surface area contributed by atoms with E-state index in [0.717, 1.165) is 33.2 Å². The predicted molar refractivity (Wildman–Crippen MR) is 153 cm³/mol. The van der Waals surface area contributed by atoms with Gasteiger partial charge in [0, 0.05) is 16.9 Å². The SMILES string of the molecule is COc1ccc(C2c3ccc4ccccc4c3Oc3ncn4nc(COc5ccccc5OC)nc4c32)cc1OC. The molecule has 0 fully saturated rings. The summed E-state index contributed by atoms with van der Waals surface area (Å²) in [6.07, 6.45) is 1.62. The summed E-state index contributed by atoms with van der Waals surface area (Å²) in [4.78, 5) is 9.58. The van der Waals surface area contributed by atoms with Gasteiger partial charge in [0.05, 0.1) is 26.9 Å². The second kappa shape index (κ2) is 10.0. The molecule has 4 aromatic carbocycles. The van der Waals surface area contributed by atoms with Crippen molar-refractivity contribution in [2.75, 3.05) is 21.3 Å². The van der Waals surface area contributed by atoms with Crippen LogP contribution in [-0.2, 0) is 6.61 Å². The summed E-state index contributed by atoms with van der Waals surface area (Å²) in [5, 5.41) is 6.76. The molecule has 1 aliphatic heterocycles. The van der Waals surface area contributed by atoms with Crippen molar-refractivity contribution in [2.45, 2.75) is 12.5 Å². The Morgan fingerprint density at radius 1 is 0.805 bits per heavy atom. The molecule has 9 nitrogen and oxygen atoms in total. The highest BCUT2D eigenvalue weighted by Gasteiger charge is 2.34. The van der Waals surface area contributed by atoms with Crippen LogP contribution in [-0.4, -0.2) is 40.9 Å². The van der Waals surface area contributed by atoms with E-state index in [1.54, 1.807) is 32.2 Å². The monoisotopic (exact) mass is 546 g/mol. The van der Waals surface area contributed by atoms with Crippen molar-refractivity contribution < 1.29 is 23.7 Å². The number of benzene rings is 4. The third-order valence-corrected chi connectivity index (χ3v) is 7.31. The summed E-state index contributed by atoms with van der Waals surface area (Å²) >= 11 is 0. The van der Waals surface area contributed by atoms with Gasteiger partial charge in [-0.3, -0.25) is 0 Å². The van der Waals surface area contributed by atoms with Crippen molar-refractivity contribution in [1.29, 1.82) is 0 Å². The minimum absolute atomic E-state index is 0.153. The third kappa shape index (κ3) is 4.13. The van der Waals surface area contributed by atoms with Gasteiger partial charge < -0.3 is 23.7 Å². The molecule has 2 aromatic heterocycles. The molecule has 0 amide bonds. The topological polar surface area (TPSA) is 89.2 Å². The lowest BCUT2D eigenvalue weighted by Crippen LogP contribution is -2.15. The molecule has 1 aliphatic rings. The zero-order valence-corrected chi connectivity index (χ0v) is 22.7. The van der Waals surface area contributed by atoms with E-state index in [4.69, 9.17) is 28.7 Å². The molecule has 0 N–H and O–H groups in total. The lowest BCUT2D eigenvalue weighted by atomic mass is 9.82. The first-order valence-electron chi connectivity index (χ1n) is 13.1. The normalized spacial score (nSPS) is 13.8. The van der Waals surface area contributed by atoms with Gasteiger partial charge in [0.15, 0.2) is 34.5 Å². The fourth-order valence-electron chi connectivity index (χ4n) is 5.41. The van der Waals surface area contributed by atoms with Gasteiger partial charge in [-0.25, -0.2) is 14.5 Å². The summed E-state index contributed by atoms with van der Waals surface area (Å²) in [7, 11) is 4.87. The lowest BCUT2D eigenvalue weighted by Gasteiger charge is -2.29. The number of hydrogen-bond donors (Lipinski definition) is 0. The molecule has 1 unspecified atom stereocenters. The Labute approximate surface area is 235 Å². The number of hydrogen-bond acceptors (Lipinski definition) is 8. The third-order valence-electron chi connectivity index (χ3n) is 7.31. The van der Waals surface area contributed by atoms with E-state index in [1.807, 2.05) is 54.6 Å². The van der Waals surface area contributed by atoms with Gasteiger partial charge in [-0.2, -0.15) is 0 Å². The molecule has 0 bridgehead atoms. The Balaban J connectivity index is 1.38. The average molecular weight is 547 g/mol. The van der Waals surface area contributed by atoms with E-state index >= 15 is 0 Å². The largest absolute Gasteiger partial charge is 0.493 e. The van der Waals surface area contributed by atoms with Crippen molar-refractivity contribution >= 4 is 16.4 Å². The summed E-state index contributed by atoms with van der Waals surface area (Å²) < 4.78 is 30.8.